The van der Waals surface area contributed by atoms with Crippen LogP contribution in [0.2, 0.25) is 0 Å². The number of carbonyl (C=O) groups excluding carboxylic acids is 1. The van der Waals surface area contributed by atoms with Crippen molar-refractivity contribution in [3.8, 4) is 0 Å². The lowest BCUT2D eigenvalue weighted by Crippen LogP contribution is -2.41. The highest BCUT2D eigenvalue weighted by Gasteiger charge is 2.28. The maximum Gasteiger partial charge on any atom is 0.306 e. The van der Waals surface area contributed by atoms with Crippen LogP contribution in [0.5, 0.6) is 0 Å². The van der Waals surface area contributed by atoms with E-state index in [1.807, 2.05) is 16.7 Å². The smallest absolute Gasteiger partial charge is 0.306 e. The molecule has 2 saturated heterocycles. The lowest BCUT2D eigenvalue weighted by atomic mass is 9.97. The molecule has 1 N–H and O–H groups in total. The van der Waals surface area contributed by atoms with E-state index >= 15 is 0 Å². The van der Waals surface area contributed by atoms with E-state index in [4.69, 9.17) is 5.11 Å². The van der Waals surface area contributed by atoms with Crippen molar-refractivity contribution < 1.29 is 14.7 Å². The van der Waals surface area contributed by atoms with Gasteiger partial charge in [0.15, 0.2) is 0 Å². The van der Waals surface area contributed by atoms with Crippen LogP contribution in [0.25, 0.3) is 0 Å². The van der Waals surface area contributed by atoms with E-state index in [1.165, 1.54) is 18.6 Å². The fourth-order valence-electron chi connectivity index (χ4n) is 2.67. The Balaban J connectivity index is 1.75. The number of rotatable bonds is 3. The molecule has 1 unspecified atom stereocenters. The molecule has 18 heavy (non-hydrogen) atoms. The van der Waals surface area contributed by atoms with Crippen molar-refractivity contribution in [3.63, 3.8) is 0 Å². The summed E-state index contributed by atoms with van der Waals surface area (Å²) in [5.74, 6) is 0.431. The average molecular weight is 271 g/mol. The van der Waals surface area contributed by atoms with Crippen molar-refractivity contribution in [2.75, 3.05) is 18.8 Å². The molecule has 5 heteroatoms. The van der Waals surface area contributed by atoms with Crippen molar-refractivity contribution in [1.29, 1.82) is 0 Å². The van der Waals surface area contributed by atoms with E-state index in [0.29, 0.717) is 37.6 Å². The summed E-state index contributed by atoms with van der Waals surface area (Å²) in [6, 6.07) is 0. The first-order valence-corrected chi connectivity index (χ1v) is 7.84. The zero-order chi connectivity index (χ0) is 13.0. The van der Waals surface area contributed by atoms with Gasteiger partial charge in [0.05, 0.1) is 5.92 Å². The average Bonchev–Trinajstić information content (AvgIpc) is 2.40. The number of amides is 1. The predicted octanol–water partition coefficient (Wildman–Crippen LogP) is 1.99. The van der Waals surface area contributed by atoms with Crippen LogP contribution < -0.4 is 0 Å². The van der Waals surface area contributed by atoms with Gasteiger partial charge < -0.3 is 10.0 Å². The Morgan fingerprint density at radius 2 is 1.89 bits per heavy atom. The summed E-state index contributed by atoms with van der Waals surface area (Å²) < 4.78 is 0. The molecule has 4 nitrogen and oxygen atoms in total. The van der Waals surface area contributed by atoms with Crippen LogP contribution in [0, 0.1) is 5.92 Å². The topological polar surface area (TPSA) is 57.6 Å². The summed E-state index contributed by atoms with van der Waals surface area (Å²) in [7, 11) is 0. The molecule has 1 amide bonds. The van der Waals surface area contributed by atoms with E-state index in [2.05, 4.69) is 0 Å². The van der Waals surface area contributed by atoms with Gasteiger partial charge in [-0.05, 0) is 31.4 Å². The fourth-order valence-corrected chi connectivity index (χ4v) is 3.97. The number of likely N-dealkylation sites (tertiary alicyclic amines) is 1. The van der Waals surface area contributed by atoms with Gasteiger partial charge >= 0.3 is 5.97 Å². The molecular weight excluding hydrogens is 250 g/mol. The molecule has 0 saturated carbocycles. The van der Waals surface area contributed by atoms with Crippen molar-refractivity contribution in [3.05, 3.63) is 0 Å². The molecule has 0 aromatic heterocycles. The molecule has 0 radical (unpaired) electrons. The summed E-state index contributed by atoms with van der Waals surface area (Å²) in [6.45, 7) is 1.24. The summed E-state index contributed by atoms with van der Waals surface area (Å²) in [5.41, 5.74) is 0. The molecule has 102 valence electrons. The molecular formula is C13H21NO3S. The standard InChI is InChI=1S/C13H21NO3S/c15-12(9-11-3-1-2-8-18-11)14-6-4-10(5-7-14)13(16)17/h10-11H,1-9H2,(H,16,17). The highest BCUT2D eigenvalue weighted by molar-refractivity contribution is 7.99. The van der Waals surface area contributed by atoms with E-state index in [0.717, 1.165) is 6.42 Å². The minimum atomic E-state index is -0.718. The minimum Gasteiger partial charge on any atom is -0.481 e. The molecule has 0 aromatic carbocycles. The van der Waals surface area contributed by atoms with Crippen molar-refractivity contribution in [1.82, 2.24) is 4.90 Å². The fraction of sp³-hybridized carbons (Fsp3) is 0.846. The molecule has 0 aliphatic carbocycles. The Labute approximate surface area is 112 Å². The van der Waals surface area contributed by atoms with Crippen LogP contribution in [0.1, 0.15) is 38.5 Å². The highest BCUT2D eigenvalue weighted by Crippen LogP contribution is 2.28. The zero-order valence-corrected chi connectivity index (χ0v) is 11.5. The Hall–Kier alpha value is -0.710. The maximum absolute atomic E-state index is 12.1. The van der Waals surface area contributed by atoms with Gasteiger partial charge in [-0.2, -0.15) is 11.8 Å². The summed E-state index contributed by atoms with van der Waals surface area (Å²) in [4.78, 5) is 24.8. The van der Waals surface area contributed by atoms with Gasteiger partial charge in [0, 0.05) is 24.8 Å². The monoisotopic (exact) mass is 271 g/mol. The van der Waals surface area contributed by atoms with E-state index in [9.17, 15) is 9.59 Å². The van der Waals surface area contributed by atoms with Gasteiger partial charge in [0.2, 0.25) is 5.91 Å². The van der Waals surface area contributed by atoms with Gasteiger partial charge in [-0.3, -0.25) is 9.59 Å². The first-order valence-electron chi connectivity index (χ1n) is 6.79. The van der Waals surface area contributed by atoms with Crippen LogP contribution in [0.4, 0.5) is 0 Å². The molecule has 1 atom stereocenters. The minimum absolute atomic E-state index is 0.221. The molecule has 2 heterocycles. The van der Waals surface area contributed by atoms with Crippen LogP contribution in [0.3, 0.4) is 0 Å². The van der Waals surface area contributed by atoms with Crippen molar-refractivity contribution >= 4 is 23.6 Å². The van der Waals surface area contributed by atoms with Gasteiger partial charge in [-0.1, -0.05) is 6.42 Å². The number of thioether (sulfide) groups is 1. The van der Waals surface area contributed by atoms with E-state index < -0.39 is 5.97 Å². The van der Waals surface area contributed by atoms with Crippen LogP contribution >= 0.6 is 11.8 Å². The van der Waals surface area contributed by atoms with Crippen LogP contribution in [-0.4, -0.2) is 46.0 Å². The van der Waals surface area contributed by atoms with Crippen LogP contribution in [0.15, 0.2) is 0 Å². The first kappa shape index (κ1) is 13.7. The highest BCUT2D eigenvalue weighted by atomic mass is 32.2. The van der Waals surface area contributed by atoms with Crippen LogP contribution in [-0.2, 0) is 9.59 Å². The Kier molecular flexibility index (Phi) is 4.92. The zero-order valence-electron chi connectivity index (χ0n) is 10.6. The predicted molar refractivity (Wildman–Crippen MR) is 71.7 cm³/mol. The Morgan fingerprint density at radius 3 is 2.44 bits per heavy atom. The second-order valence-electron chi connectivity index (χ2n) is 5.19. The maximum atomic E-state index is 12.1. The molecule has 2 aliphatic rings. The number of carboxylic acids is 1. The normalized spacial score (nSPS) is 26.0. The largest absolute Gasteiger partial charge is 0.481 e. The summed E-state index contributed by atoms with van der Waals surface area (Å²) in [6.07, 6.45) is 5.54. The number of nitrogens with zero attached hydrogens (tertiary/aromatic N) is 1. The third-order valence-electron chi connectivity index (χ3n) is 3.87. The SMILES string of the molecule is O=C(O)C1CCN(C(=O)CC2CCCCS2)CC1. The lowest BCUT2D eigenvalue weighted by molar-refractivity contribution is -0.145. The summed E-state index contributed by atoms with van der Waals surface area (Å²) in [5, 5.41) is 9.41. The lowest BCUT2D eigenvalue weighted by Gasteiger charge is -2.31. The second kappa shape index (κ2) is 6.45. The molecule has 0 aromatic rings. The molecule has 0 spiro atoms. The van der Waals surface area contributed by atoms with E-state index in [1.54, 1.807) is 0 Å². The quantitative estimate of drug-likeness (QED) is 0.853. The van der Waals surface area contributed by atoms with Gasteiger partial charge in [-0.15, -0.1) is 0 Å². The molecule has 2 aliphatic heterocycles. The number of carboxylic acid groups (broad SMARTS) is 1. The molecule has 2 fully saturated rings. The molecule has 0 bridgehead atoms. The Bertz CT molecular complexity index is 307. The molecule has 2 rings (SSSR count). The van der Waals surface area contributed by atoms with Crippen molar-refractivity contribution in [2.24, 2.45) is 5.92 Å². The number of carbonyl (C=O) groups is 2. The summed E-state index contributed by atoms with van der Waals surface area (Å²) >= 11 is 1.92. The van der Waals surface area contributed by atoms with Gasteiger partial charge in [0.1, 0.15) is 0 Å². The third-order valence-corrected chi connectivity index (χ3v) is 5.27. The van der Waals surface area contributed by atoms with Gasteiger partial charge in [0.25, 0.3) is 0 Å². The first-order chi connectivity index (χ1) is 8.66. The van der Waals surface area contributed by atoms with E-state index in [-0.39, 0.29) is 11.8 Å². The number of hydrogen-bond donors (Lipinski definition) is 1. The number of aliphatic carboxylic acids is 1. The van der Waals surface area contributed by atoms with Crippen molar-refractivity contribution in [2.45, 2.75) is 43.8 Å². The van der Waals surface area contributed by atoms with Gasteiger partial charge in [-0.25, -0.2) is 0 Å². The number of piperidine rings is 1. The third kappa shape index (κ3) is 3.64. The number of hydrogen-bond acceptors (Lipinski definition) is 3. The Morgan fingerprint density at radius 1 is 1.17 bits per heavy atom. The second-order valence-corrected chi connectivity index (χ2v) is 6.59.